The fourth-order valence-corrected chi connectivity index (χ4v) is 1.72. The summed E-state index contributed by atoms with van der Waals surface area (Å²) in [6.07, 6.45) is -0.371. The van der Waals surface area contributed by atoms with Gasteiger partial charge in [0.05, 0.1) is 0 Å². The summed E-state index contributed by atoms with van der Waals surface area (Å²) in [5, 5.41) is 15.4. The van der Waals surface area contributed by atoms with Gasteiger partial charge in [0.2, 0.25) is 0 Å². The normalized spacial score (nSPS) is 14.1. The first-order valence-electron chi connectivity index (χ1n) is 7.75. The van der Waals surface area contributed by atoms with Crippen molar-refractivity contribution in [1.29, 1.82) is 0 Å². The molecule has 0 rings (SSSR count). The highest BCUT2D eigenvalue weighted by molar-refractivity contribution is 5.67. The van der Waals surface area contributed by atoms with Crippen molar-refractivity contribution in [3.05, 3.63) is 0 Å². The van der Waals surface area contributed by atoms with Crippen LogP contribution in [0.2, 0.25) is 0 Å². The molecular weight excluding hydrogens is 268 g/mol. The molecule has 0 radical (unpaired) electrons. The lowest BCUT2D eigenvalue weighted by atomic mass is 9.92. The van der Waals surface area contributed by atoms with Crippen molar-refractivity contribution in [2.45, 2.75) is 54.1 Å². The van der Waals surface area contributed by atoms with Crippen LogP contribution in [0.15, 0.2) is 0 Å². The Hall–Kier alpha value is -0.810. The Morgan fingerprint density at radius 1 is 1.14 bits per heavy atom. The molecule has 5 nitrogen and oxygen atoms in total. The van der Waals surface area contributed by atoms with Gasteiger partial charge in [0.25, 0.3) is 0 Å². The molecule has 0 aliphatic rings. The van der Waals surface area contributed by atoms with E-state index in [0.717, 1.165) is 13.1 Å². The molecule has 0 aromatic heterocycles. The summed E-state index contributed by atoms with van der Waals surface area (Å²) >= 11 is 0. The van der Waals surface area contributed by atoms with E-state index < -0.39 is 5.60 Å². The Morgan fingerprint density at radius 2 is 1.71 bits per heavy atom. The topological polar surface area (TPSA) is 70.6 Å². The van der Waals surface area contributed by atoms with Gasteiger partial charge in [0.1, 0.15) is 5.60 Å². The molecular formula is C16H34N2O3. The van der Waals surface area contributed by atoms with Crippen molar-refractivity contribution in [3.8, 4) is 0 Å². The van der Waals surface area contributed by atoms with E-state index >= 15 is 0 Å². The van der Waals surface area contributed by atoms with Gasteiger partial charge in [0.15, 0.2) is 0 Å². The van der Waals surface area contributed by atoms with E-state index in [-0.39, 0.29) is 18.1 Å². The fraction of sp³-hybridized carbons (Fsp3) is 0.938. The second-order valence-electron chi connectivity index (χ2n) is 7.84. The third-order valence-electron chi connectivity index (χ3n) is 3.29. The minimum absolute atomic E-state index is 0.125. The molecule has 5 heteroatoms. The molecule has 0 aliphatic carbocycles. The lowest BCUT2D eigenvalue weighted by molar-refractivity contribution is 0.0514. The smallest absolute Gasteiger partial charge is 0.407 e. The van der Waals surface area contributed by atoms with Crippen LogP contribution in [0.4, 0.5) is 4.79 Å². The molecule has 1 amide bonds. The monoisotopic (exact) mass is 302 g/mol. The second kappa shape index (κ2) is 8.59. The maximum absolute atomic E-state index is 11.7. The first kappa shape index (κ1) is 20.2. The Kier molecular flexibility index (Phi) is 8.26. The highest BCUT2D eigenvalue weighted by Gasteiger charge is 2.20. The lowest BCUT2D eigenvalue weighted by Crippen LogP contribution is -2.41. The summed E-state index contributed by atoms with van der Waals surface area (Å²) in [4.78, 5) is 11.7. The van der Waals surface area contributed by atoms with E-state index in [1.165, 1.54) is 0 Å². The zero-order chi connectivity index (χ0) is 16.7. The van der Waals surface area contributed by atoms with Crippen molar-refractivity contribution >= 4 is 6.09 Å². The summed E-state index contributed by atoms with van der Waals surface area (Å²) in [6, 6.07) is 0. The highest BCUT2D eigenvalue weighted by Crippen LogP contribution is 2.13. The first-order chi connectivity index (χ1) is 9.47. The summed E-state index contributed by atoms with van der Waals surface area (Å²) in [5.74, 6) is 0.775. The number of ether oxygens (including phenoxy) is 1. The van der Waals surface area contributed by atoms with Gasteiger partial charge in [-0.05, 0) is 39.2 Å². The predicted molar refractivity (Wildman–Crippen MR) is 86.3 cm³/mol. The number of carbonyl (C=O) groups excluding carboxylic acids is 1. The van der Waals surface area contributed by atoms with Gasteiger partial charge in [-0.1, -0.05) is 27.7 Å². The molecule has 0 saturated heterocycles. The van der Waals surface area contributed by atoms with Crippen LogP contribution in [0.3, 0.4) is 0 Å². The maximum Gasteiger partial charge on any atom is 0.407 e. The molecule has 0 heterocycles. The molecule has 21 heavy (non-hydrogen) atoms. The van der Waals surface area contributed by atoms with E-state index in [4.69, 9.17) is 4.74 Å². The van der Waals surface area contributed by atoms with E-state index in [9.17, 15) is 9.90 Å². The molecule has 1 unspecified atom stereocenters. The van der Waals surface area contributed by atoms with Crippen LogP contribution >= 0.6 is 0 Å². The summed E-state index contributed by atoms with van der Waals surface area (Å²) in [7, 11) is 0. The molecule has 0 aromatic carbocycles. The summed E-state index contributed by atoms with van der Waals surface area (Å²) in [5.41, 5.74) is -0.596. The van der Waals surface area contributed by atoms with Gasteiger partial charge in [0, 0.05) is 25.1 Å². The van der Waals surface area contributed by atoms with Gasteiger partial charge in [-0.15, -0.1) is 0 Å². The van der Waals surface area contributed by atoms with Crippen LogP contribution in [-0.2, 0) is 4.74 Å². The molecule has 0 aromatic rings. The molecule has 126 valence electrons. The van der Waals surface area contributed by atoms with Gasteiger partial charge in [-0.2, -0.15) is 0 Å². The van der Waals surface area contributed by atoms with Crippen molar-refractivity contribution in [2.24, 2.45) is 17.3 Å². The summed E-state index contributed by atoms with van der Waals surface area (Å²) < 4.78 is 5.24. The van der Waals surface area contributed by atoms with Gasteiger partial charge >= 0.3 is 6.09 Å². The SMILES string of the molecule is CC(C)C(CNCC(C)(C)CO)CNC(=O)OC(C)(C)C. The number of amides is 1. The van der Waals surface area contributed by atoms with Crippen molar-refractivity contribution < 1.29 is 14.6 Å². The van der Waals surface area contributed by atoms with Crippen LogP contribution in [0.5, 0.6) is 0 Å². The van der Waals surface area contributed by atoms with Crippen LogP contribution in [0.25, 0.3) is 0 Å². The van der Waals surface area contributed by atoms with Crippen LogP contribution in [-0.4, -0.2) is 43.0 Å². The Bertz CT molecular complexity index is 309. The number of hydrogen-bond acceptors (Lipinski definition) is 4. The van der Waals surface area contributed by atoms with Crippen LogP contribution in [0.1, 0.15) is 48.5 Å². The number of carbonyl (C=O) groups is 1. The Morgan fingerprint density at radius 3 is 2.14 bits per heavy atom. The van der Waals surface area contributed by atoms with Gasteiger partial charge < -0.3 is 20.5 Å². The second-order valence-corrected chi connectivity index (χ2v) is 7.84. The van der Waals surface area contributed by atoms with Gasteiger partial charge in [-0.3, -0.25) is 0 Å². The van der Waals surface area contributed by atoms with Crippen LogP contribution in [0, 0.1) is 17.3 Å². The number of hydrogen-bond donors (Lipinski definition) is 3. The summed E-state index contributed by atoms with van der Waals surface area (Å²) in [6.45, 7) is 16.2. The standard InChI is InChI=1S/C16H34N2O3/c1-12(2)13(8-17-10-16(6,7)11-19)9-18-14(20)21-15(3,4)5/h12-13,17,19H,8-11H2,1-7H3,(H,18,20). The van der Waals surface area contributed by atoms with Crippen LogP contribution < -0.4 is 10.6 Å². The van der Waals surface area contributed by atoms with E-state index in [2.05, 4.69) is 24.5 Å². The predicted octanol–water partition coefficient (Wildman–Crippen LogP) is 2.39. The average molecular weight is 302 g/mol. The highest BCUT2D eigenvalue weighted by atomic mass is 16.6. The molecule has 1 atom stereocenters. The third-order valence-corrected chi connectivity index (χ3v) is 3.29. The largest absolute Gasteiger partial charge is 0.444 e. The average Bonchev–Trinajstić information content (AvgIpc) is 2.30. The van der Waals surface area contributed by atoms with E-state index in [0.29, 0.717) is 18.4 Å². The molecule has 0 saturated carbocycles. The number of nitrogens with one attached hydrogen (secondary N) is 2. The van der Waals surface area contributed by atoms with Gasteiger partial charge in [-0.25, -0.2) is 4.79 Å². The quantitative estimate of drug-likeness (QED) is 0.644. The molecule has 0 bridgehead atoms. The van der Waals surface area contributed by atoms with E-state index in [1.54, 1.807) is 0 Å². The van der Waals surface area contributed by atoms with E-state index in [1.807, 2.05) is 34.6 Å². The fourth-order valence-electron chi connectivity index (χ4n) is 1.72. The van der Waals surface area contributed by atoms with Crippen molar-refractivity contribution in [1.82, 2.24) is 10.6 Å². The van der Waals surface area contributed by atoms with Crippen molar-refractivity contribution in [2.75, 3.05) is 26.2 Å². The maximum atomic E-state index is 11.7. The molecule has 0 aliphatic heterocycles. The van der Waals surface area contributed by atoms with Crippen molar-refractivity contribution in [3.63, 3.8) is 0 Å². The first-order valence-corrected chi connectivity index (χ1v) is 7.75. The molecule has 3 N–H and O–H groups in total. The number of aliphatic hydroxyl groups is 1. The number of alkyl carbamates (subject to hydrolysis) is 1. The number of aliphatic hydroxyl groups excluding tert-OH is 1. The minimum Gasteiger partial charge on any atom is -0.444 e. The zero-order valence-electron chi connectivity index (χ0n) is 14.7. The Balaban J connectivity index is 4.18. The lowest BCUT2D eigenvalue weighted by Gasteiger charge is -2.27. The molecule has 0 spiro atoms. The minimum atomic E-state index is -0.471. The number of rotatable bonds is 8. The molecule has 0 fully saturated rings. The third kappa shape index (κ3) is 10.5. The Labute approximate surface area is 129 Å². The zero-order valence-corrected chi connectivity index (χ0v) is 14.7.